The van der Waals surface area contributed by atoms with Gasteiger partial charge >= 0.3 is 6.18 Å². The Bertz CT molecular complexity index is 822. The van der Waals surface area contributed by atoms with Crippen molar-refractivity contribution in [1.82, 2.24) is 9.78 Å². The van der Waals surface area contributed by atoms with Crippen LogP contribution in [0.25, 0.3) is 0 Å². The molecule has 0 radical (unpaired) electrons. The summed E-state index contributed by atoms with van der Waals surface area (Å²) < 4.78 is 44.6. The van der Waals surface area contributed by atoms with Gasteiger partial charge in [0.1, 0.15) is 18.9 Å². The monoisotopic (exact) mass is 429 g/mol. The molecule has 0 aliphatic heterocycles. The zero-order valence-electron chi connectivity index (χ0n) is 13.6. The molecule has 0 amide bonds. The third kappa shape index (κ3) is 4.75. The van der Waals surface area contributed by atoms with Gasteiger partial charge in [0.25, 0.3) is 0 Å². The molecule has 11 heteroatoms. The largest absolute Gasteiger partial charge is 0.471 e. The van der Waals surface area contributed by atoms with Crippen molar-refractivity contribution in [2.24, 2.45) is 12.2 Å². The molecule has 0 fully saturated rings. The molecule has 0 bridgehead atoms. The molecule has 0 saturated heterocycles. The van der Waals surface area contributed by atoms with Crippen molar-refractivity contribution in [1.29, 1.82) is 0 Å². The van der Waals surface area contributed by atoms with E-state index in [0.717, 1.165) is 10.7 Å². The van der Waals surface area contributed by atoms with E-state index in [2.05, 4.69) is 10.3 Å². The Labute approximate surface area is 162 Å². The van der Waals surface area contributed by atoms with Gasteiger partial charge in [-0.1, -0.05) is 40.0 Å². The van der Waals surface area contributed by atoms with Gasteiger partial charge in [-0.25, -0.2) is 4.68 Å². The zero-order chi connectivity index (χ0) is 19.5. The Hall–Kier alpha value is -1.64. The van der Waals surface area contributed by atoms with Gasteiger partial charge in [0.05, 0.1) is 15.1 Å². The fraction of sp³-hybridized carbons (Fsp3) is 0.333. The highest BCUT2D eigenvalue weighted by molar-refractivity contribution is 6.49. The van der Waals surface area contributed by atoms with Crippen LogP contribution >= 0.6 is 34.8 Å². The highest BCUT2D eigenvalue weighted by Crippen LogP contribution is 2.33. The summed E-state index contributed by atoms with van der Waals surface area (Å²) in [5.74, 6) is -0.0993. The van der Waals surface area contributed by atoms with E-state index in [9.17, 15) is 13.2 Å². The summed E-state index contributed by atoms with van der Waals surface area (Å²) in [5, 5.41) is 7.76. The zero-order valence-corrected chi connectivity index (χ0v) is 15.8. The van der Waals surface area contributed by atoms with E-state index in [1.165, 1.54) is 13.1 Å². The summed E-state index contributed by atoms with van der Waals surface area (Å²) in [4.78, 5) is 5.02. The number of hydrogen-bond acceptors (Lipinski definition) is 4. The van der Waals surface area contributed by atoms with Crippen molar-refractivity contribution >= 4 is 40.5 Å². The normalized spacial score (nSPS) is 12.4. The number of aryl methyl sites for hydroxylation is 1. The SMILES string of the molecule is CCO/N=C(/COc1cc(C(F)(F)F)nn1C)c1ccc(Cl)c(Cl)c1Cl. The Balaban J connectivity index is 2.28. The average Bonchev–Trinajstić information content (AvgIpc) is 2.95. The Morgan fingerprint density at radius 1 is 1.23 bits per heavy atom. The standard InChI is InChI=1S/C15H13Cl3F3N3O2/c1-3-26-23-10(8-4-5-9(16)14(18)13(8)17)7-25-12-6-11(15(19,20)21)22-24(12)2/h4-6H,3,7H2,1-2H3/b23-10-. The first-order chi connectivity index (χ1) is 12.1. The van der Waals surface area contributed by atoms with Gasteiger partial charge in [0.2, 0.25) is 5.88 Å². The molecular formula is C15H13Cl3F3N3O2. The summed E-state index contributed by atoms with van der Waals surface area (Å²) >= 11 is 18.1. The van der Waals surface area contributed by atoms with Gasteiger partial charge in [0, 0.05) is 18.7 Å². The van der Waals surface area contributed by atoms with E-state index in [4.69, 9.17) is 44.4 Å². The molecule has 0 aliphatic rings. The lowest BCUT2D eigenvalue weighted by atomic mass is 10.1. The minimum atomic E-state index is -4.57. The summed E-state index contributed by atoms with van der Waals surface area (Å²) in [5.41, 5.74) is -0.455. The van der Waals surface area contributed by atoms with E-state index < -0.39 is 11.9 Å². The van der Waals surface area contributed by atoms with Gasteiger partial charge in [-0.2, -0.15) is 18.3 Å². The van der Waals surface area contributed by atoms with Crippen molar-refractivity contribution in [2.75, 3.05) is 13.2 Å². The first-order valence-corrected chi connectivity index (χ1v) is 8.35. The van der Waals surface area contributed by atoms with Crippen LogP contribution in [0, 0.1) is 0 Å². The van der Waals surface area contributed by atoms with Gasteiger partial charge in [-0.15, -0.1) is 0 Å². The van der Waals surface area contributed by atoms with E-state index in [-0.39, 0.29) is 39.9 Å². The van der Waals surface area contributed by atoms with Crippen molar-refractivity contribution in [2.45, 2.75) is 13.1 Å². The van der Waals surface area contributed by atoms with Crippen molar-refractivity contribution in [3.05, 3.63) is 44.5 Å². The number of ether oxygens (including phenoxy) is 1. The summed E-state index contributed by atoms with van der Waals surface area (Å²) in [7, 11) is 1.33. The van der Waals surface area contributed by atoms with E-state index in [1.54, 1.807) is 13.0 Å². The smallest absolute Gasteiger partial charge is 0.435 e. The molecule has 26 heavy (non-hydrogen) atoms. The van der Waals surface area contributed by atoms with E-state index >= 15 is 0 Å². The maximum atomic E-state index is 12.7. The molecule has 142 valence electrons. The third-order valence-corrected chi connectivity index (χ3v) is 4.43. The molecule has 5 nitrogen and oxygen atoms in total. The first-order valence-electron chi connectivity index (χ1n) is 7.21. The van der Waals surface area contributed by atoms with Crippen LogP contribution < -0.4 is 4.74 Å². The van der Waals surface area contributed by atoms with Crippen molar-refractivity contribution in [3.8, 4) is 5.88 Å². The number of nitrogens with zero attached hydrogens (tertiary/aromatic N) is 3. The lowest BCUT2D eigenvalue weighted by molar-refractivity contribution is -0.141. The molecule has 1 heterocycles. The Kier molecular flexibility index (Phi) is 6.65. The molecule has 0 aliphatic carbocycles. The predicted molar refractivity (Wildman–Crippen MR) is 93.3 cm³/mol. The van der Waals surface area contributed by atoms with Crippen LogP contribution in [0.2, 0.25) is 15.1 Å². The van der Waals surface area contributed by atoms with Crippen LogP contribution in [0.1, 0.15) is 18.2 Å². The molecule has 2 aromatic rings. The third-order valence-electron chi connectivity index (χ3n) is 3.13. The number of aromatic nitrogens is 2. The van der Waals surface area contributed by atoms with Crippen LogP contribution in [0.5, 0.6) is 5.88 Å². The van der Waals surface area contributed by atoms with Gasteiger partial charge in [-0.3, -0.25) is 0 Å². The van der Waals surface area contributed by atoms with Gasteiger partial charge in [0.15, 0.2) is 5.69 Å². The van der Waals surface area contributed by atoms with Gasteiger partial charge in [-0.05, 0) is 19.1 Å². The Morgan fingerprint density at radius 3 is 2.50 bits per heavy atom. The molecule has 0 spiro atoms. The molecule has 0 unspecified atom stereocenters. The van der Waals surface area contributed by atoms with Gasteiger partial charge < -0.3 is 9.57 Å². The molecular weight excluding hydrogens is 418 g/mol. The maximum Gasteiger partial charge on any atom is 0.435 e. The topological polar surface area (TPSA) is 48.6 Å². The minimum Gasteiger partial charge on any atom is -0.471 e. The van der Waals surface area contributed by atoms with Crippen molar-refractivity contribution < 1.29 is 22.7 Å². The van der Waals surface area contributed by atoms with Crippen LogP contribution in [0.4, 0.5) is 13.2 Å². The predicted octanol–water partition coefficient (Wildman–Crippen LogP) is 5.22. The van der Waals surface area contributed by atoms with Crippen LogP contribution in [0.3, 0.4) is 0 Å². The van der Waals surface area contributed by atoms with E-state index in [0.29, 0.717) is 5.56 Å². The molecule has 0 saturated carbocycles. The Morgan fingerprint density at radius 2 is 1.92 bits per heavy atom. The molecule has 2 rings (SSSR count). The quantitative estimate of drug-likeness (QED) is 0.359. The van der Waals surface area contributed by atoms with Crippen LogP contribution in [-0.4, -0.2) is 28.7 Å². The lowest BCUT2D eigenvalue weighted by Crippen LogP contribution is -2.16. The van der Waals surface area contributed by atoms with Crippen molar-refractivity contribution in [3.63, 3.8) is 0 Å². The molecule has 0 N–H and O–H groups in total. The first kappa shape index (κ1) is 20.7. The second-order valence-corrected chi connectivity index (χ2v) is 6.12. The summed E-state index contributed by atoms with van der Waals surface area (Å²) in [6, 6.07) is 3.86. The molecule has 1 aromatic carbocycles. The molecule has 1 aromatic heterocycles. The highest BCUT2D eigenvalue weighted by Gasteiger charge is 2.35. The van der Waals surface area contributed by atoms with Crippen LogP contribution in [-0.2, 0) is 18.1 Å². The number of benzene rings is 1. The maximum absolute atomic E-state index is 12.7. The summed E-state index contributed by atoms with van der Waals surface area (Å²) in [6.45, 7) is 1.76. The summed E-state index contributed by atoms with van der Waals surface area (Å²) in [6.07, 6.45) is -4.57. The molecule has 0 atom stereocenters. The number of rotatable bonds is 6. The number of oxime groups is 1. The lowest BCUT2D eigenvalue weighted by Gasteiger charge is -2.11. The second-order valence-electron chi connectivity index (χ2n) is 4.96. The second kappa shape index (κ2) is 8.37. The van der Waals surface area contributed by atoms with E-state index in [1.807, 2.05) is 0 Å². The fourth-order valence-corrected chi connectivity index (χ4v) is 2.56. The number of hydrogen-bond donors (Lipinski definition) is 0. The highest BCUT2D eigenvalue weighted by atomic mass is 35.5. The van der Waals surface area contributed by atoms with Crippen LogP contribution in [0.15, 0.2) is 23.4 Å². The minimum absolute atomic E-state index is 0.0993. The number of halogens is 6. The average molecular weight is 431 g/mol. The number of alkyl halides is 3. The fourth-order valence-electron chi connectivity index (χ4n) is 1.91.